The Morgan fingerprint density at radius 2 is 2.18 bits per heavy atom. The van der Waals surface area contributed by atoms with E-state index in [-0.39, 0.29) is 17.6 Å². The molecule has 4 rings (SSSR count). The van der Waals surface area contributed by atoms with Crippen LogP contribution in [0, 0.1) is 6.92 Å². The van der Waals surface area contributed by atoms with E-state index in [1.165, 1.54) is 0 Å². The summed E-state index contributed by atoms with van der Waals surface area (Å²) in [7, 11) is 3.67. The van der Waals surface area contributed by atoms with Crippen LogP contribution in [-0.2, 0) is 11.3 Å². The van der Waals surface area contributed by atoms with E-state index in [2.05, 4.69) is 38.0 Å². The molecule has 3 aromatic rings. The third-order valence-electron chi connectivity index (χ3n) is 5.57. The van der Waals surface area contributed by atoms with E-state index in [9.17, 15) is 4.79 Å². The van der Waals surface area contributed by atoms with Crippen molar-refractivity contribution in [2.45, 2.75) is 32.9 Å². The topological polar surface area (TPSA) is 122 Å². The Hall–Kier alpha value is -3.31. The third kappa shape index (κ3) is 5.20. The number of likely N-dealkylation sites (N-methyl/N-ethyl adjacent to an activating group) is 1. The molecule has 3 aromatic heterocycles. The number of anilines is 3. The zero-order chi connectivity index (χ0) is 23.4. The molecule has 4 heterocycles. The van der Waals surface area contributed by atoms with Crippen molar-refractivity contribution in [2.75, 3.05) is 51.0 Å². The number of pyridine rings is 1. The Kier molecular flexibility index (Phi) is 6.99. The molecule has 11 nitrogen and oxygen atoms in total. The van der Waals surface area contributed by atoms with Crippen molar-refractivity contribution < 1.29 is 9.53 Å². The van der Waals surface area contributed by atoms with Gasteiger partial charge in [-0.15, -0.1) is 0 Å². The van der Waals surface area contributed by atoms with Gasteiger partial charge in [0, 0.05) is 32.4 Å². The minimum absolute atomic E-state index is 0.230. The minimum Gasteiger partial charge on any atom is -0.380 e. The number of nitrogens with one attached hydrogen (secondary N) is 3. The molecule has 0 bridgehead atoms. The van der Waals surface area contributed by atoms with Crippen LogP contribution in [0.5, 0.6) is 0 Å². The van der Waals surface area contributed by atoms with Gasteiger partial charge >= 0.3 is 0 Å². The molecule has 1 atom stereocenters. The molecule has 1 aliphatic rings. The van der Waals surface area contributed by atoms with Crippen molar-refractivity contribution in [3.8, 4) is 0 Å². The van der Waals surface area contributed by atoms with Crippen molar-refractivity contribution in [1.29, 1.82) is 0 Å². The van der Waals surface area contributed by atoms with Crippen molar-refractivity contribution in [1.82, 2.24) is 34.9 Å². The number of fused-ring (bicyclic) bond motifs is 1. The number of nitrogens with zero attached hydrogens (tertiary/aromatic N) is 6. The number of rotatable bonds is 9. The molecule has 0 aromatic carbocycles. The highest BCUT2D eigenvalue weighted by Gasteiger charge is 2.25. The molecule has 11 heteroatoms. The van der Waals surface area contributed by atoms with Crippen LogP contribution >= 0.6 is 0 Å². The van der Waals surface area contributed by atoms with Crippen LogP contribution in [0.4, 0.5) is 17.6 Å². The van der Waals surface area contributed by atoms with Gasteiger partial charge in [0.05, 0.1) is 13.2 Å². The SMILES string of the molecule is CCOCCn1nc(C(=O)NC)c2nc(N[C@H]3CCN(C)C3)nc(Nc3cc(C)ccn3)c21. The second-order valence-corrected chi connectivity index (χ2v) is 8.18. The third-order valence-corrected chi connectivity index (χ3v) is 5.57. The number of hydrogen-bond donors (Lipinski definition) is 3. The first kappa shape index (κ1) is 22.9. The van der Waals surface area contributed by atoms with Crippen molar-refractivity contribution >= 4 is 34.5 Å². The van der Waals surface area contributed by atoms with Crippen molar-refractivity contribution in [3.63, 3.8) is 0 Å². The zero-order valence-corrected chi connectivity index (χ0v) is 19.6. The summed E-state index contributed by atoms with van der Waals surface area (Å²) in [6.45, 7) is 7.37. The minimum atomic E-state index is -0.306. The van der Waals surface area contributed by atoms with E-state index in [1.54, 1.807) is 17.9 Å². The summed E-state index contributed by atoms with van der Waals surface area (Å²) in [5, 5.41) is 14.0. The lowest BCUT2D eigenvalue weighted by Crippen LogP contribution is -2.25. The predicted octanol–water partition coefficient (Wildman–Crippen LogP) is 1.79. The zero-order valence-electron chi connectivity index (χ0n) is 19.6. The Morgan fingerprint density at radius 3 is 2.88 bits per heavy atom. The van der Waals surface area contributed by atoms with Gasteiger partial charge in [-0.25, -0.2) is 9.97 Å². The van der Waals surface area contributed by atoms with E-state index in [4.69, 9.17) is 14.7 Å². The Labute approximate surface area is 192 Å². The molecule has 1 fully saturated rings. The number of carbonyl (C=O) groups excluding carboxylic acids is 1. The first-order valence-electron chi connectivity index (χ1n) is 11.2. The van der Waals surface area contributed by atoms with Gasteiger partial charge < -0.3 is 25.6 Å². The molecule has 0 unspecified atom stereocenters. The summed E-state index contributed by atoms with van der Waals surface area (Å²) in [6, 6.07) is 4.10. The van der Waals surface area contributed by atoms with Gasteiger partial charge in [-0.3, -0.25) is 9.48 Å². The van der Waals surface area contributed by atoms with Crippen LogP contribution in [0.1, 0.15) is 29.4 Å². The van der Waals surface area contributed by atoms with Crippen molar-refractivity contribution in [3.05, 3.63) is 29.6 Å². The van der Waals surface area contributed by atoms with Gasteiger partial charge in [-0.1, -0.05) is 0 Å². The number of ether oxygens (including phenoxy) is 1. The number of likely N-dealkylation sites (tertiary alicyclic amines) is 1. The number of hydrogen-bond acceptors (Lipinski definition) is 9. The Bertz CT molecular complexity index is 1130. The van der Waals surface area contributed by atoms with Gasteiger partial charge in [-0.2, -0.15) is 10.1 Å². The van der Waals surface area contributed by atoms with Gasteiger partial charge in [0.2, 0.25) is 5.95 Å². The molecular weight excluding hydrogens is 422 g/mol. The van der Waals surface area contributed by atoms with Crippen LogP contribution < -0.4 is 16.0 Å². The molecule has 176 valence electrons. The van der Waals surface area contributed by atoms with Gasteiger partial charge in [-0.05, 0) is 51.6 Å². The van der Waals surface area contributed by atoms with E-state index in [1.807, 2.05) is 26.0 Å². The second kappa shape index (κ2) is 10.1. The fourth-order valence-electron chi connectivity index (χ4n) is 3.92. The number of carbonyl (C=O) groups is 1. The molecule has 3 N–H and O–H groups in total. The van der Waals surface area contributed by atoms with Crippen LogP contribution in [-0.4, -0.2) is 82.0 Å². The van der Waals surface area contributed by atoms with Crippen LogP contribution in [0.2, 0.25) is 0 Å². The van der Waals surface area contributed by atoms with Crippen LogP contribution in [0.25, 0.3) is 11.0 Å². The van der Waals surface area contributed by atoms with Crippen LogP contribution in [0.3, 0.4) is 0 Å². The maximum atomic E-state index is 12.6. The molecule has 1 amide bonds. The average molecular weight is 454 g/mol. The molecular formula is C22H31N9O2. The summed E-state index contributed by atoms with van der Waals surface area (Å²) in [5.74, 6) is 1.33. The molecule has 0 saturated carbocycles. The maximum absolute atomic E-state index is 12.6. The highest BCUT2D eigenvalue weighted by atomic mass is 16.5. The highest BCUT2D eigenvalue weighted by Crippen LogP contribution is 2.28. The monoisotopic (exact) mass is 453 g/mol. The van der Waals surface area contributed by atoms with E-state index in [0.717, 1.165) is 25.1 Å². The first-order valence-corrected chi connectivity index (χ1v) is 11.2. The van der Waals surface area contributed by atoms with E-state index >= 15 is 0 Å². The summed E-state index contributed by atoms with van der Waals surface area (Å²) in [5.41, 5.74) is 2.43. The lowest BCUT2D eigenvalue weighted by Gasteiger charge is -2.15. The molecule has 1 aliphatic heterocycles. The smallest absolute Gasteiger partial charge is 0.273 e. The molecule has 0 spiro atoms. The summed E-state index contributed by atoms with van der Waals surface area (Å²) < 4.78 is 7.25. The van der Waals surface area contributed by atoms with E-state index in [0.29, 0.717) is 48.4 Å². The summed E-state index contributed by atoms with van der Waals surface area (Å²) in [4.78, 5) is 28.8. The van der Waals surface area contributed by atoms with Crippen molar-refractivity contribution in [2.24, 2.45) is 0 Å². The number of amides is 1. The second-order valence-electron chi connectivity index (χ2n) is 8.18. The average Bonchev–Trinajstić information content (AvgIpc) is 3.37. The Morgan fingerprint density at radius 1 is 1.33 bits per heavy atom. The van der Waals surface area contributed by atoms with Gasteiger partial charge in [0.15, 0.2) is 11.5 Å². The number of aryl methyl sites for hydroxylation is 1. The fraction of sp³-hybridized carbons (Fsp3) is 0.500. The van der Waals surface area contributed by atoms with E-state index < -0.39 is 0 Å². The standard InChI is InChI=1S/C22H31N9O2/c1-5-33-11-10-31-19-17(18(29-31)21(32)23-3)27-22(25-15-7-9-30(4)13-15)28-20(19)26-16-12-14(2)6-8-24-16/h6,8,12,15H,5,7,9-11,13H2,1-4H3,(H,23,32)(H2,24,25,26,27,28)/t15-/m0/s1. The molecule has 1 saturated heterocycles. The molecule has 33 heavy (non-hydrogen) atoms. The Balaban J connectivity index is 1.81. The van der Waals surface area contributed by atoms with Gasteiger partial charge in [0.25, 0.3) is 5.91 Å². The number of aromatic nitrogens is 5. The fourth-order valence-corrected chi connectivity index (χ4v) is 3.92. The first-order chi connectivity index (χ1) is 16.0. The molecule has 0 aliphatic carbocycles. The largest absolute Gasteiger partial charge is 0.380 e. The van der Waals surface area contributed by atoms with Gasteiger partial charge in [0.1, 0.15) is 16.9 Å². The molecule has 0 radical (unpaired) electrons. The summed E-state index contributed by atoms with van der Waals surface area (Å²) >= 11 is 0. The predicted molar refractivity (Wildman–Crippen MR) is 127 cm³/mol. The highest BCUT2D eigenvalue weighted by molar-refractivity contribution is 6.06. The normalized spacial score (nSPS) is 16.3. The lowest BCUT2D eigenvalue weighted by atomic mass is 10.2. The van der Waals surface area contributed by atoms with Crippen LogP contribution in [0.15, 0.2) is 18.3 Å². The quantitative estimate of drug-likeness (QED) is 0.416. The maximum Gasteiger partial charge on any atom is 0.273 e. The summed E-state index contributed by atoms with van der Waals surface area (Å²) in [6.07, 6.45) is 2.74. The lowest BCUT2D eigenvalue weighted by molar-refractivity contribution is 0.0957.